The van der Waals surface area contributed by atoms with Gasteiger partial charge >= 0.3 is 5.97 Å². The van der Waals surface area contributed by atoms with E-state index in [9.17, 15) is 25.0 Å². The fourth-order valence-corrected chi connectivity index (χ4v) is 3.09. The van der Waals surface area contributed by atoms with Gasteiger partial charge in [0.1, 0.15) is 5.75 Å². The second kappa shape index (κ2) is 11.1. The number of benzene rings is 3. The molecular formula is C23H17BrN2O8. The summed E-state index contributed by atoms with van der Waals surface area (Å²) in [5.74, 6) is 0.307. The van der Waals surface area contributed by atoms with Crippen molar-refractivity contribution in [2.24, 2.45) is 0 Å². The molecule has 3 aromatic carbocycles. The number of rotatable bonds is 9. The Morgan fingerprint density at radius 3 is 2.32 bits per heavy atom. The van der Waals surface area contributed by atoms with Crippen molar-refractivity contribution in [2.75, 3.05) is 13.7 Å². The van der Waals surface area contributed by atoms with Crippen LogP contribution in [0.2, 0.25) is 0 Å². The van der Waals surface area contributed by atoms with Gasteiger partial charge < -0.3 is 14.2 Å². The molecule has 0 N–H and O–H groups in total. The van der Waals surface area contributed by atoms with Crippen LogP contribution in [-0.4, -0.2) is 29.5 Å². The van der Waals surface area contributed by atoms with Gasteiger partial charge in [0.2, 0.25) is 0 Å². The summed E-state index contributed by atoms with van der Waals surface area (Å²) in [7, 11) is 1.40. The molecule has 10 nitrogen and oxygen atoms in total. The van der Waals surface area contributed by atoms with E-state index in [2.05, 4.69) is 15.9 Å². The molecule has 0 spiro atoms. The summed E-state index contributed by atoms with van der Waals surface area (Å²) >= 11 is 3.31. The van der Waals surface area contributed by atoms with E-state index in [0.717, 1.165) is 10.5 Å². The second-order valence-corrected chi connectivity index (χ2v) is 7.63. The molecule has 0 atom stereocenters. The Balaban J connectivity index is 1.71. The summed E-state index contributed by atoms with van der Waals surface area (Å²) in [5, 5.41) is 22.2. The van der Waals surface area contributed by atoms with Crippen LogP contribution in [0.4, 0.5) is 11.4 Å². The third kappa shape index (κ3) is 6.39. The van der Waals surface area contributed by atoms with Crippen LogP contribution >= 0.6 is 15.9 Å². The number of carbonyl (C=O) groups is 1. The van der Waals surface area contributed by atoms with Crippen LogP contribution in [0.15, 0.2) is 65.1 Å². The summed E-state index contributed by atoms with van der Waals surface area (Å²) in [4.78, 5) is 32.9. The molecule has 0 aliphatic carbocycles. The van der Waals surface area contributed by atoms with Gasteiger partial charge in [-0.1, -0.05) is 28.1 Å². The maximum Gasteiger partial charge on any atom is 0.349 e. The lowest BCUT2D eigenvalue weighted by atomic mass is 10.1. The molecule has 174 valence electrons. The van der Waals surface area contributed by atoms with Crippen molar-refractivity contribution in [3.05, 3.63) is 96.5 Å². The van der Waals surface area contributed by atoms with Crippen molar-refractivity contribution >= 4 is 45.4 Å². The molecule has 0 amide bonds. The number of esters is 1. The van der Waals surface area contributed by atoms with E-state index in [1.54, 1.807) is 42.5 Å². The Morgan fingerprint density at radius 1 is 0.941 bits per heavy atom. The second-order valence-electron chi connectivity index (χ2n) is 6.72. The topological polar surface area (TPSA) is 131 Å². The quantitative estimate of drug-likeness (QED) is 0.118. The van der Waals surface area contributed by atoms with Crippen LogP contribution in [-0.2, 0) is 4.79 Å². The summed E-state index contributed by atoms with van der Waals surface area (Å²) in [5.41, 5.74) is 0.0140. The van der Waals surface area contributed by atoms with Gasteiger partial charge in [0.25, 0.3) is 11.4 Å². The van der Waals surface area contributed by atoms with E-state index in [1.165, 1.54) is 31.4 Å². The zero-order valence-corrected chi connectivity index (χ0v) is 19.3. The summed E-state index contributed by atoms with van der Waals surface area (Å²) in [6, 6.07) is 15.1. The van der Waals surface area contributed by atoms with Crippen molar-refractivity contribution in [2.45, 2.75) is 0 Å². The molecule has 0 bridgehead atoms. The van der Waals surface area contributed by atoms with Crippen LogP contribution in [0.5, 0.6) is 17.2 Å². The highest BCUT2D eigenvalue weighted by molar-refractivity contribution is 9.10. The minimum atomic E-state index is -0.699. The third-order valence-electron chi connectivity index (χ3n) is 4.46. The maximum atomic E-state index is 12.2. The molecule has 0 unspecified atom stereocenters. The molecule has 3 aromatic rings. The number of nitro groups is 2. The van der Waals surface area contributed by atoms with Gasteiger partial charge in [-0.15, -0.1) is 0 Å². The molecule has 3 rings (SSSR count). The smallest absolute Gasteiger partial charge is 0.349 e. The highest BCUT2D eigenvalue weighted by Gasteiger charge is 2.18. The Labute approximate surface area is 201 Å². The van der Waals surface area contributed by atoms with Crippen molar-refractivity contribution in [1.29, 1.82) is 0 Å². The van der Waals surface area contributed by atoms with Gasteiger partial charge in [-0.3, -0.25) is 20.2 Å². The first-order valence-corrected chi connectivity index (χ1v) is 10.4. The van der Waals surface area contributed by atoms with E-state index in [4.69, 9.17) is 14.2 Å². The summed E-state index contributed by atoms with van der Waals surface area (Å²) in [6.45, 7) is -0.309. The molecule has 0 aliphatic rings. The SMILES string of the molecule is COc1cc(C=Cc2ccc([N+](=O)[O-])cc2[N+](=O)[O-])ccc1OC(=O)COc1ccc(Br)cc1. The number of hydrogen-bond acceptors (Lipinski definition) is 8. The van der Waals surface area contributed by atoms with Gasteiger partial charge in [0, 0.05) is 10.5 Å². The predicted octanol–water partition coefficient (Wildman–Crippen LogP) is 5.43. The van der Waals surface area contributed by atoms with E-state index >= 15 is 0 Å². The van der Waals surface area contributed by atoms with Gasteiger partial charge in [-0.25, -0.2) is 4.79 Å². The minimum absolute atomic E-state index is 0.172. The van der Waals surface area contributed by atoms with E-state index in [-0.39, 0.29) is 29.4 Å². The molecule has 34 heavy (non-hydrogen) atoms. The summed E-state index contributed by atoms with van der Waals surface area (Å²) < 4.78 is 16.9. The predicted molar refractivity (Wildman–Crippen MR) is 127 cm³/mol. The van der Waals surface area contributed by atoms with Crippen LogP contribution in [0.25, 0.3) is 12.2 Å². The number of methoxy groups -OCH3 is 1. The third-order valence-corrected chi connectivity index (χ3v) is 4.99. The summed E-state index contributed by atoms with van der Waals surface area (Å²) in [6.07, 6.45) is 3.02. The first-order chi connectivity index (χ1) is 16.3. The standard InChI is InChI=1S/C23H17BrN2O8/c1-32-22-12-15(2-4-16-5-8-18(25(28)29)13-20(16)26(30)31)3-11-21(22)34-23(27)14-33-19-9-6-17(24)7-10-19/h2-13H,14H2,1H3. The molecule has 11 heteroatoms. The van der Waals surface area contributed by atoms with Crippen molar-refractivity contribution in [1.82, 2.24) is 0 Å². The number of hydrogen-bond donors (Lipinski definition) is 0. The molecular weight excluding hydrogens is 512 g/mol. The molecule has 0 fully saturated rings. The van der Waals surface area contributed by atoms with Crippen LogP contribution < -0.4 is 14.2 Å². The highest BCUT2D eigenvalue weighted by atomic mass is 79.9. The Bertz CT molecular complexity index is 1260. The van der Waals surface area contributed by atoms with Crippen molar-refractivity contribution in [3.63, 3.8) is 0 Å². The lowest BCUT2D eigenvalue weighted by Gasteiger charge is -2.11. The normalized spacial score (nSPS) is 10.6. The van der Waals surface area contributed by atoms with Crippen molar-refractivity contribution < 1.29 is 28.9 Å². The first kappa shape index (κ1) is 24.4. The maximum absolute atomic E-state index is 12.2. The number of carbonyl (C=O) groups excluding carboxylic acids is 1. The number of nitrogens with zero attached hydrogens (tertiary/aromatic N) is 2. The molecule has 0 saturated heterocycles. The number of nitro benzene ring substituents is 2. The fourth-order valence-electron chi connectivity index (χ4n) is 2.83. The lowest BCUT2D eigenvalue weighted by Crippen LogP contribution is -2.18. The molecule has 0 radical (unpaired) electrons. The monoisotopic (exact) mass is 528 g/mol. The molecule has 0 aromatic heterocycles. The number of ether oxygens (including phenoxy) is 3. The van der Waals surface area contributed by atoms with Gasteiger partial charge in [-0.2, -0.15) is 0 Å². The lowest BCUT2D eigenvalue weighted by molar-refractivity contribution is -0.394. The Kier molecular flexibility index (Phi) is 7.93. The Morgan fingerprint density at radius 2 is 1.68 bits per heavy atom. The highest BCUT2D eigenvalue weighted by Crippen LogP contribution is 2.30. The number of non-ortho nitro benzene ring substituents is 1. The fraction of sp³-hybridized carbons (Fsp3) is 0.0870. The van der Waals surface area contributed by atoms with Crippen LogP contribution in [0.1, 0.15) is 11.1 Å². The molecule has 0 aliphatic heterocycles. The van der Waals surface area contributed by atoms with Gasteiger partial charge in [0.05, 0.1) is 28.6 Å². The zero-order valence-electron chi connectivity index (χ0n) is 17.7. The van der Waals surface area contributed by atoms with Crippen LogP contribution in [0.3, 0.4) is 0 Å². The van der Waals surface area contributed by atoms with Crippen LogP contribution in [0, 0.1) is 20.2 Å². The average molecular weight is 529 g/mol. The first-order valence-electron chi connectivity index (χ1n) is 9.65. The number of halogens is 1. The van der Waals surface area contributed by atoms with Crippen molar-refractivity contribution in [3.8, 4) is 17.2 Å². The van der Waals surface area contributed by atoms with Gasteiger partial charge in [0.15, 0.2) is 18.1 Å². The van der Waals surface area contributed by atoms with E-state index in [0.29, 0.717) is 11.3 Å². The van der Waals surface area contributed by atoms with E-state index in [1.807, 2.05) is 0 Å². The largest absolute Gasteiger partial charge is 0.493 e. The minimum Gasteiger partial charge on any atom is -0.493 e. The Hall–Kier alpha value is -4.25. The average Bonchev–Trinajstić information content (AvgIpc) is 2.82. The molecule has 0 saturated carbocycles. The zero-order chi connectivity index (χ0) is 24.7. The molecule has 0 heterocycles. The van der Waals surface area contributed by atoms with E-state index < -0.39 is 21.5 Å². The van der Waals surface area contributed by atoms with Gasteiger partial charge in [-0.05, 0) is 54.1 Å².